The zero-order valence-corrected chi connectivity index (χ0v) is 10.3. The number of ketones is 1. The Labute approximate surface area is 101 Å². The van der Waals surface area contributed by atoms with Gasteiger partial charge in [-0.3, -0.25) is 4.79 Å². The number of esters is 1. The Hall–Kier alpha value is -1.90. The number of carbonyl (C=O) groups excluding carboxylic acids is 2. The van der Waals surface area contributed by atoms with Crippen molar-refractivity contribution < 1.29 is 14.3 Å². The van der Waals surface area contributed by atoms with Gasteiger partial charge in [0.25, 0.3) is 0 Å². The van der Waals surface area contributed by atoms with Gasteiger partial charge in [0, 0.05) is 12.0 Å². The average Bonchev–Trinajstić information content (AvgIpc) is 2.37. The first-order valence-electron chi connectivity index (χ1n) is 5.42. The lowest BCUT2D eigenvalue weighted by atomic mass is 10.0. The molecule has 0 bridgehead atoms. The molecule has 0 radical (unpaired) electrons. The Morgan fingerprint density at radius 3 is 2.18 bits per heavy atom. The molecule has 0 N–H and O–H groups in total. The topological polar surface area (TPSA) is 43.4 Å². The monoisotopic (exact) mass is 232 g/mol. The van der Waals surface area contributed by atoms with E-state index in [0.29, 0.717) is 17.5 Å². The molecule has 0 heterocycles. The lowest BCUT2D eigenvalue weighted by Crippen LogP contribution is -2.03. The Kier molecular flexibility index (Phi) is 4.64. The summed E-state index contributed by atoms with van der Waals surface area (Å²) in [7, 11) is 1.33. The fourth-order valence-electron chi connectivity index (χ4n) is 1.37. The molecule has 0 saturated carbocycles. The zero-order chi connectivity index (χ0) is 12.8. The molecule has 17 heavy (non-hydrogen) atoms. The maximum atomic E-state index is 11.8. The Balaban J connectivity index is 2.81. The predicted molar refractivity (Wildman–Crippen MR) is 66.2 cm³/mol. The van der Waals surface area contributed by atoms with Crippen molar-refractivity contribution in [2.75, 3.05) is 7.11 Å². The third-order valence-electron chi connectivity index (χ3n) is 2.56. The van der Waals surface area contributed by atoms with Gasteiger partial charge >= 0.3 is 5.97 Å². The molecule has 1 aromatic rings. The summed E-state index contributed by atoms with van der Waals surface area (Å²) in [4.78, 5) is 23.0. The van der Waals surface area contributed by atoms with Gasteiger partial charge in [0.2, 0.25) is 0 Å². The van der Waals surface area contributed by atoms with Crippen molar-refractivity contribution in [2.24, 2.45) is 0 Å². The summed E-state index contributed by atoms with van der Waals surface area (Å²) >= 11 is 0. The van der Waals surface area contributed by atoms with Crippen LogP contribution in [-0.2, 0) is 4.74 Å². The van der Waals surface area contributed by atoms with E-state index in [-0.39, 0.29) is 5.78 Å². The van der Waals surface area contributed by atoms with E-state index in [4.69, 9.17) is 0 Å². The van der Waals surface area contributed by atoms with E-state index < -0.39 is 5.97 Å². The van der Waals surface area contributed by atoms with E-state index in [9.17, 15) is 9.59 Å². The smallest absolute Gasteiger partial charge is 0.337 e. The SMILES string of the molecule is C/C=C(/C)CC(=O)c1ccc(C(=O)OC)cc1. The summed E-state index contributed by atoms with van der Waals surface area (Å²) in [6.45, 7) is 3.82. The lowest BCUT2D eigenvalue weighted by molar-refractivity contribution is 0.0600. The number of Topliss-reactive ketones (excluding diaryl/α,β-unsaturated/α-hetero) is 1. The molecule has 0 saturated heterocycles. The number of hydrogen-bond donors (Lipinski definition) is 0. The third kappa shape index (κ3) is 3.55. The highest BCUT2D eigenvalue weighted by molar-refractivity contribution is 5.98. The van der Waals surface area contributed by atoms with Crippen molar-refractivity contribution in [1.29, 1.82) is 0 Å². The Bertz CT molecular complexity index is 441. The molecule has 0 spiro atoms. The highest BCUT2D eigenvalue weighted by atomic mass is 16.5. The molecule has 1 rings (SSSR count). The van der Waals surface area contributed by atoms with Crippen molar-refractivity contribution in [3.63, 3.8) is 0 Å². The summed E-state index contributed by atoms with van der Waals surface area (Å²) < 4.78 is 4.59. The van der Waals surface area contributed by atoms with Gasteiger partial charge in [0.05, 0.1) is 12.7 Å². The minimum absolute atomic E-state index is 0.0528. The van der Waals surface area contributed by atoms with Crippen LogP contribution in [0.5, 0.6) is 0 Å². The van der Waals surface area contributed by atoms with E-state index in [0.717, 1.165) is 5.57 Å². The molecule has 0 aliphatic heterocycles. The van der Waals surface area contributed by atoms with Crippen molar-refractivity contribution in [3.05, 3.63) is 47.0 Å². The minimum Gasteiger partial charge on any atom is -0.465 e. The van der Waals surface area contributed by atoms with Gasteiger partial charge < -0.3 is 4.74 Å². The van der Waals surface area contributed by atoms with Gasteiger partial charge in [-0.15, -0.1) is 0 Å². The molecule has 1 aromatic carbocycles. The standard InChI is InChI=1S/C14H16O3/c1-4-10(2)9-13(15)11-5-7-12(8-6-11)14(16)17-3/h4-8H,9H2,1-3H3/b10-4-. The van der Waals surface area contributed by atoms with E-state index >= 15 is 0 Å². The highest BCUT2D eigenvalue weighted by Crippen LogP contribution is 2.11. The normalized spacial score (nSPS) is 11.1. The number of ether oxygens (including phenoxy) is 1. The van der Waals surface area contributed by atoms with Gasteiger partial charge in [-0.2, -0.15) is 0 Å². The van der Waals surface area contributed by atoms with Gasteiger partial charge in [-0.25, -0.2) is 4.79 Å². The van der Waals surface area contributed by atoms with Crippen LogP contribution in [0.3, 0.4) is 0 Å². The van der Waals surface area contributed by atoms with Crippen molar-refractivity contribution in [3.8, 4) is 0 Å². The van der Waals surface area contributed by atoms with Crippen molar-refractivity contribution in [1.82, 2.24) is 0 Å². The first-order valence-corrected chi connectivity index (χ1v) is 5.42. The molecular formula is C14H16O3. The van der Waals surface area contributed by atoms with E-state index in [1.807, 2.05) is 19.9 Å². The number of carbonyl (C=O) groups is 2. The number of allylic oxidation sites excluding steroid dienone is 2. The van der Waals surface area contributed by atoms with Crippen LogP contribution in [0.2, 0.25) is 0 Å². The summed E-state index contributed by atoms with van der Waals surface area (Å²) in [5.41, 5.74) is 2.10. The van der Waals surface area contributed by atoms with Gasteiger partial charge in [-0.1, -0.05) is 23.8 Å². The third-order valence-corrected chi connectivity index (χ3v) is 2.56. The summed E-state index contributed by atoms with van der Waals surface area (Å²) in [5, 5.41) is 0. The second-order valence-electron chi connectivity index (χ2n) is 3.80. The van der Waals surface area contributed by atoms with Crippen molar-refractivity contribution in [2.45, 2.75) is 20.3 Å². The fourth-order valence-corrected chi connectivity index (χ4v) is 1.37. The second-order valence-corrected chi connectivity index (χ2v) is 3.80. The number of methoxy groups -OCH3 is 1. The number of benzene rings is 1. The molecule has 0 unspecified atom stereocenters. The van der Waals surface area contributed by atoms with Crippen LogP contribution in [0.15, 0.2) is 35.9 Å². The summed E-state index contributed by atoms with van der Waals surface area (Å²) in [6.07, 6.45) is 2.33. The zero-order valence-electron chi connectivity index (χ0n) is 10.3. The molecule has 3 nitrogen and oxygen atoms in total. The largest absolute Gasteiger partial charge is 0.465 e. The van der Waals surface area contributed by atoms with Gasteiger partial charge in [0.15, 0.2) is 5.78 Å². The predicted octanol–water partition coefficient (Wildman–Crippen LogP) is 3.01. The molecule has 3 heteroatoms. The quantitative estimate of drug-likeness (QED) is 0.455. The molecule has 0 aromatic heterocycles. The highest BCUT2D eigenvalue weighted by Gasteiger charge is 2.09. The van der Waals surface area contributed by atoms with E-state index in [1.54, 1.807) is 24.3 Å². The lowest BCUT2D eigenvalue weighted by Gasteiger charge is -2.03. The second kappa shape index (κ2) is 5.99. The van der Waals surface area contributed by atoms with Crippen LogP contribution in [0.1, 0.15) is 41.0 Å². The van der Waals surface area contributed by atoms with Gasteiger partial charge in [0.1, 0.15) is 0 Å². The van der Waals surface area contributed by atoms with Crippen LogP contribution >= 0.6 is 0 Å². The number of rotatable bonds is 4. The molecule has 0 aliphatic carbocycles. The Morgan fingerprint density at radius 2 is 1.71 bits per heavy atom. The molecule has 90 valence electrons. The van der Waals surface area contributed by atoms with E-state index in [2.05, 4.69) is 4.74 Å². The summed E-state index contributed by atoms with van der Waals surface area (Å²) in [6, 6.07) is 6.50. The first kappa shape index (κ1) is 13.2. The van der Waals surface area contributed by atoms with Crippen LogP contribution < -0.4 is 0 Å². The Morgan fingerprint density at radius 1 is 1.18 bits per heavy atom. The van der Waals surface area contributed by atoms with Gasteiger partial charge in [-0.05, 0) is 26.0 Å². The minimum atomic E-state index is -0.395. The van der Waals surface area contributed by atoms with E-state index in [1.165, 1.54) is 7.11 Å². The first-order chi connectivity index (χ1) is 8.08. The van der Waals surface area contributed by atoms with Crippen LogP contribution in [0.4, 0.5) is 0 Å². The molecule has 0 fully saturated rings. The average molecular weight is 232 g/mol. The van der Waals surface area contributed by atoms with Crippen LogP contribution in [-0.4, -0.2) is 18.9 Å². The maximum absolute atomic E-state index is 11.8. The molecular weight excluding hydrogens is 216 g/mol. The fraction of sp³-hybridized carbons (Fsp3) is 0.286. The molecule has 0 aliphatic rings. The van der Waals surface area contributed by atoms with Crippen molar-refractivity contribution >= 4 is 11.8 Å². The summed E-state index contributed by atoms with van der Waals surface area (Å²) in [5.74, 6) is -0.342. The molecule has 0 amide bonds. The van der Waals surface area contributed by atoms with Crippen LogP contribution in [0, 0.1) is 0 Å². The molecule has 0 atom stereocenters. The van der Waals surface area contributed by atoms with Crippen LogP contribution in [0.25, 0.3) is 0 Å². The number of hydrogen-bond acceptors (Lipinski definition) is 3. The maximum Gasteiger partial charge on any atom is 0.337 e.